The van der Waals surface area contributed by atoms with Gasteiger partial charge in [0, 0.05) is 4.47 Å². The second-order valence-corrected chi connectivity index (χ2v) is 4.70. The zero-order valence-corrected chi connectivity index (χ0v) is 9.48. The normalized spacial score (nSPS) is 11.5. The summed E-state index contributed by atoms with van der Waals surface area (Å²) >= 11 is 3.26. The Hall–Kier alpha value is -0.570. The first kappa shape index (κ1) is 10.5. The van der Waals surface area contributed by atoms with Crippen LogP contribution in [0, 0.1) is 5.82 Å². The van der Waals surface area contributed by atoms with Crippen molar-refractivity contribution in [1.82, 2.24) is 0 Å². The molecule has 0 fully saturated rings. The van der Waals surface area contributed by atoms with Crippen molar-refractivity contribution in [2.24, 2.45) is 0 Å². The SMILES string of the molecule is CC(C)(C)Oc1cc(Br)ccc1F. The van der Waals surface area contributed by atoms with Gasteiger partial charge < -0.3 is 4.74 Å². The van der Waals surface area contributed by atoms with Crippen LogP contribution in [0.25, 0.3) is 0 Å². The largest absolute Gasteiger partial charge is 0.485 e. The van der Waals surface area contributed by atoms with Gasteiger partial charge in [0.05, 0.1) is 0 Å². The first-order valence-electron chi connectivity index (χ1n) is 4.02. The third-order valence-electron chi connectivity index (χ3n) is 1.31. The van der Waals surface area contributed by atoms with Crippen molar-refractivity contribution in [3.05, 3.63) is 28.5 Å². The van der Waals surface area contributed by atoms with Crippen LogP contribution in [0.2, 0.25) is 0 Å². The summed E-state index contributed by atoms with van der Waals surface area (Å²) in [6.45, 7) is 5.65. The van der Waals surface area contributed by atoms with Crippen molar-refractivity contribution in [3.63, 3.8) is 0 Å². The lowest BCUT2D eigenvalue weighted by atomic mass is 10.2. The van der Waals surface area contributed by atoms with Crippen molar-refractivity contribution < 1.29 is 9.13 Å². The van der Waals surface area contributed by atoms with Gasteiger partial charge in [-0.05, 0) is 39.0 Å². The molecule has 0 radical (unpaired) electrons. The molecule has 1 aromatic carbocycles. The maximum atomic E-state index is 13.2. The maximum Gasteiger partial charge on any atom is 0.165 e. The fourth-order valence-electron chi connectivity index (χ4n) is 0.885. The van der Waals surface area contributed by atoms with E-state index in [0.29, 0.717) is 0 Å². The summed E-state index contributed by atoms with van der Waals surface area (Å²) in [6, 6.07) is 4.65. The molecule has 0 saturated carbocycles. The lowest BCUT2D eigenvalue weighted by molar-refractivity contribution is 0.124. The predicted octanol–water partition coefficient (Wildman–Crippen LogP) is 3.77. The molecule has 0 bridgehead atoms. The minimum absolute atomic E-state index is 0.280. The molecule has 0 aromatic heterocycles. The molecule has 0 saturated heterocycles. The number of hydrogen-bond donors (Lipinski definition) is 0. The highest BCUT2D eigenvalue weighted by molar-refractivity contribution is 9.10. The Balaban J connectivity index is 2.94. The van der Waals surface area contributed by atoms with Gasteiger partial charge in [0.25, 0.3) is 0 Å². The Morgan fingerprint density at radius 2 is 1.92 bits per heavy atom. The van der Waals surface area contributed by atoms with Crippen molar-refractivity contribution >= 4 is 15.9 Å². The Morgan fingerprint density at radius 1 is 1.31 bits per heavy atom. The quantitative estimate of drug-likeness (QED) is 0.734. The molecule has 0 amide bonds. The second kappa shape index (κ2) is 3.66. The van der Waals surface area contributed by atoms with E-state index in [9.17, 15) is 4.39 Å². The third-order valence-corrected chi connectivity index (χ3v) is 1.80. The summed E-state index contributed by atoms with van der Waals surface area (Å²) < 4.78 is 19.4. The number of hydrogen-bond acceptors (Lipinski definition) is 1. The maximum absolute atomic E-state index is 13.2. The molecule has 0 N–H and O–H groups in total. The van der Waals surface area contributed by atoms with E-state index < -0.39 is 0 Å². The highest BCUT2D eigenvalue weighted by atomic mass is 79.9. The molecule has 0 atom stereocenters. The summed E-state index contributed by atoms with van der Waals surface area (Å²) in [6.07, 6.45) is 0. The van der Waals surface area contributed by atoms with E-state index in [4.69, 9.17) is 4.74 Å². The summed E-state index contributed by atoms with van der Waals surface area (Å²) in [7, 11) is 0. The molecule has 1 aromatic rings. The number of ether oxygens (including phenoxy) is 1. The minimum Gasteiger partial charge on any atom is -0.485 e. The first-order chi connectivity index (χ1) is 5.88. The number of benzene rings is 1. The Labute approximate surface area is 86.0 Å². The topological polar surface area (TPSA) is 9.23 Å². The van der Waals surface area contributed by atoms with Crippen LogP contribution in [0.3, 0.4) is 0 Å². The summed E-state index contributed by atoms with van der Waals surface area (Å²) in [5, 5.41) is 0. The van der Waals surface area contributed by atoms with Gasteiger partial charge in [0.1, 0.15) is 5.60 Å². The average Bonchev–Trinajstić information content (AvgIpc) is 1.94. The van der Waals surface area contributed by atoms with Gasteiger partial charge in [-0.1, -0.05) is 15.9 Å². The van der Waals surface area contributed by atoms with Gasteiger partial charge in [-0.2, -0.15) is 0 Å². The molecule has 72 valence electrons. The lowest BCUT2D eigenvalue weighted by Crippen LogP contribution is -2.23. The molecule has 0 aliphatic heterocycles. The van der Waals surface area contributed by atoms with E-state index in [1.807, 2.05) is 20.8 Å². The van der Waals surface area contributed by atoms with Crippen LogP contribution in [0.4, 0.5) is 4.39 Å². The minimum atomic E-state index is -0.373. The van der Waals surface area contributed by atoms with E-state index in [2.05, 4.69) is 15.9 Å². The predicted molar refractivity (Wildman–Crippen MR) is 54.5 cm³/mol. The Bertz CT molecular complexity index is 304. The van der Waals surface area contributed by atoms with Gasteiger partial charge in [-0.25, -0.2) is 4.39 Å². The van der Waals surface area contributed by atoms with E-state index in [1.54, 1.807) is 12.1 Å². The average molecular weight is 247 g/mol. The van der Waals surface area contributed by atoms with Crippen LogP contribution >= 0.6 is 15.9 Å². The van der Waals surface area contributed by atoms with Crippen LogP contribution in [-0.2, 0) is 0 Å². The molecule has 1 nitrogen and oxygen atoms in total. The Morgan fingerprint density at radius 3 is 2.46 bits per heavy atom. The van der Waals surface area contributed by atoms with E-state index in [1.165, 1.54) is 6.07 Å². The fraction of sp³-hybridized carbons (Fsp3) is 0.400. The molecule has 0 heterocycles. The monoisotopic (exact) mass is 246 g/mol. The molecular weight excluding hydrogens is 235 g/mol. The van der Waals surface area contributed by atoms with E-state index in [-0.39, 0.29) is 17.2 Å². The van der Waals surface area contributed by atoms with E-state index >= 15 is 0 Å². The molecule has 0 aliphatic rings. The molecule has 0 unspecified atom stereocenters. The van der Waals surface area contributed by atoms with E-state index in [0.717, 1.165) is 4.47 Å². The first-order valence-corrected chi connectivity index (χ1v) is 4.82. The molecule has 3 heteroatoms. The zero-order chi connectivity index (χ0) is 10.1. The van der Waals surface area contributed by atoms with Gasteiger partial charge in [0.2, 0.25) is 0 Å². The van der Waals surface area contributed by atoms with Crippen molar-refractivity contribution in [1.29, 1.82) is 0 Å². The fourth-order valence-corrected chi connectivity index (χ4v) is 1.23. The van der Waals surface area contributed by atoms with Crippen LogP contribution in [-0.4, -0.2) is 5.60 Å². The van der Waals surface area contributed by atoms with Gasteiger partial charge in [0.15, 0.2) is 11.6 Å². The molecular formula is C10H12BrFO. The molecule has 1 rings (SSSR count). The zero-order valence-electron chi connectivity index (χ0n) is 7.90. The summed E-state index contributed by atoms with van der Waals surface area (Å²) in [4.78, 5) is 0. The van der Waals surface area contributed by atoms with Gasteiger partial charge in [-0.15, -0.1) is 0 Å². The van der Waals surface area contributed by atoms with Crippen molar-refractivity contribution in [2.45, 2.75) is 26.4 Å². The van der Waals surface area contributed by atoms with Crippen LogP contribution in [0.15, 0.2) is 22.7 Å². The number of rotatable bonds is 1. The van der Waals surface area contributed by atoms with Gasteiger partial charge in [-0.3, -0.25) is 0 Å². The standard InChI is InChI=1S/C10H12BrFO/c1-10(2,3)13-9-6-7(11)4-5-8(9)12/h4-6H,1-3H3. The lowest BCUT2D eigenvalue weighted by Gasteiger charge is -2.21. The van der Waals surface area contributed by atoms with Crippen molar-refractivity contribution in [2.75, 3.05) is 0 Å². The van der Waals surface area contributed by atoms with Crippen LogP contribution in [0.5, 0.6) is 5.75 Å². The highest BCUT2D eigenvalue weighted by Crippen LogP contribution is 2.25. The summed E-state index contributed by atoms with van der Waals surface area (Å²) in [5.74, 6) is -0.0556. The van der Waals surface area contributed by atoms with Gasteiger partial charge >= 0.3 is 0 Å². The summed E-state index contributed by atoms with van der Waals surface area (Å²) in [5.41, 5.74) is -0.373. The smallest absolute Gasteiger partial charge is 0.165 e. The highest BCUT2D eigenvalue weighted by Gasteiger charge is 2.14. The van der Waals surface area contributed by atoms with Crippen molar-refractivity contribution in [3.8, 4) is 5.75 Å². The molecule has 13 heavy (non-hydrogen) atoms. The van der Waals surface area contributed by atoms with Crippen LogP contribution < -0.4 is 4.74 Å². The third kappa shape index (κ3) is 3.35. The second-order valence-electron chi connectivity index (χ2n) is 3.79. The number of halogens is 2. The Kier molecular flexibility index (Phi) is 2.96. The van der Waals surface area contributed by atoms with Crippen LogP contribution in [0.1, 0.15) is 20.8 Å². The molecule has 0 spiro atoms. The molecule has 0 aliphatic carbocycles.